The highest BCUT2D eigenvalue weighted by atomic mass is 16.4. The first-order chi connectivity index (χ1) is 14.3. The van der Waals surface area contributed by atoms with Gasteiger partial charge in [0.1, 0.15) is 0 Å². The Kier molecular flexibility index (Phi) is 7.14. The van der Waals surface area contributed by atoms with Crippen LogP contribution in [0.5, 0.6) is 0 Å². The fourth-order valence-corrected chi connectivity index (χ4v) is 4.63. The van der Waals surface area contributed by atoms with Crippen LogP contribution >= 0.6 is 0 Å². The largest absolute Gasteiger partial charge is 0.478 e. The van der Waals surface area contributed by atoms with Crippen LogP contribution < -0.4 is 5.56 Å². The Morgan fingerprint density at radius 2 is 1.87 bits per heavy atom. The second-order valence-electron chi connectivity index (χ2n) is 9.06. The minimum absolute atomic E-state index is 0.0809. The minimum Gasteiger partial charge on any atom is -0.478 e. The highest BCUT2D eigenvalue weighted by molar-refractivity contribution is 5.87. The number of rotatable bonds is 8. The van der Waals surface area contributed by atoms with E-state index in [1.54, 1.807) is 12.1 Å². The molecule has 0 amide bonds. The fourth-order valence-electron chi connectivity index (χ4n) is 4.63. The van der Waals surface area contributed by atoms with Gasteiger partial charge in [-0.25, -0.2) is 4.79 Å². The summed E-state index contributed by atoms with van der Waals surface area (Å²) in [5.41, 5.74) is 4.46. The second kappa shape index (κ2) is 9.61. The lowest BCUT2D eigenvalue weighted by Crippen LogP contribution is -2.35. The predicted octanol–water partition coefficient (Wildman–Crippen LogP) is 4.42. The fraction of sp³-hybridized carbons (Fsp3) is 0.520. The number of carboxylic acids is 1. The van der Waals surface area contributed by atoms with Crippen molar-refractivity contribution >= 4 is 5.97 Å². The van der Waals surface area contributed by atoms with Gasteiger partial charge in [0.25, 0.3) is 5.56 Å². The highest BCUT2D eigenvalue weighted by Crippen LogP contribution is 2.26. The van der Waals surface area contributed by atoms with E-state index >= 15 is 0 Å². The van der Waals surface area contributed by atoms with Crippen molar-refractivity contribution in [2.45, 2.75) is 72.5 Å². The lowest BCUT2D eigenvalue weighted by molar-refractivity contribution is 0.0697. The summed E-state index contributed by atoms with van der Waals surface area (Å²) in [5, 5.41) is 9.08. The van der Waals surface area contributed by atoms with Crippen LogP contribution in [0.3, 0.4) is 0 Å². The first-order valence-corrected chi connectivity index (χ1v) is 11.0. The second-order valence-corrected chi connectivity index (χ2v) is 9.06. The standard InChI is InChI=1S/C25H34N2O3/c1-17(2)14-22-6-5-12-26(22)16-23-18(3)15-19(4)24(28)27(23)13-11-20-7-9-21(10-8-20)25(29)30/h7-10,15,17,22H,5-6,11-14,16H2,1-4H3,(H,29,30)/t22-/m1/s1. The van der Waals surface area contributed by atoms with Gasteiger partial charge in [0.15, 0.2) is 0 Å². The zero-order valence-electron chi connectivity index (χ0n) is 18.6. The Morgan fingerprint density at radius 1 is 1.17 bits per heavy atom. The smallest absolute Gasteiger partial charge is 0.335 e. The molecule has 1 aromatic carbocycles. The number of hydrogen-bond acceptors (Lipinski definition) is 3. The molecule has 5 heteroatoms. The van der Waals surface area contributed by atoms with Gasteiger partial charge in [-0.05, 0) is 81.3 Å². The molecule has 0 unspecified atom stereocenters. The van der Waals surface area contributed by atoms with E-state index in [4.69, 9.17) is 5.11 Å². The molecule has 1 aliphatic rings. The van der Waals surface area contributed by atoms with E-state index in [9.17, 15) is 9.59 Å². The van der Waals surface area contributed by atoms with Crippen LogP contribution in [0.4, 0.5) is 0 Å². The number of aryl methyl sites for hydroxylation is 3. The summed E-state index contributed by atoms with van der Waals surface area (Å²) in [6, 6.07) is 9.56. The quantitative estimate of drug-likeness (QED) is 0.700. The molecule has 1 N–H and O–H groups in total. The van der Waals surface area contributed by atoms with Gasteiger partial charge in [-0.1, -0.05) is 26.0 Å². The molecule has 0 bridgehead atoms. The zero-order valence-corrected chi connectivity index (χ0v) is 18.6. The van der Waals surface area contributed by atoms with Crippen LogP contribution in [0.25, 0.3) is 0 Å². The van der Waals surface area contributed by atoms with Crippen LogP contribution in [-0.4, -0.2) is 33.1 Å². The first-order valence-electron chi connectivity index (χ1n) is 11.0. The predicted molar refractivity (Wildman–Crippen MR) is 120 cm³/mol. The van der Waals surface area contributed by atoms with E-state index in [2.05, 4.69) is 25.7 Å². The summed E-state index contributed by atoms with van der Waals surface area (Å²) >= 11 is 0. The maximum Gasteiger partial charge on any atom is 0.335 e. The van der Waals surface area contributed by atoms with Crippen LogP contribution in [-0.2, 0) is 19.5 Å². The molecular weight excluding hydrogens is 376 g/mol. The van der Waals surface area contributed by atoms with E-state index < -0.39 is 5.97 Å². The van der Waals surface area contributed by atoms with Gasteiger partial charge in [0.2, 0.25) is 0 Å². The lowest BCUT2D eigenvalue weighted by Gasteiger charge is -2.28. The van der Waals surface area contributed by atoms with Crippen molar-refractivity contribution in [2.75, 3.05) is 6.54 Å². The molecule has 0 aliphatic carbocycles. The number of carboxylic acid groups (broad SMARTS) is 1. The van der Waals surface area contributed by atoms with Crippen molar-refractivity contribution in [3.63, 3.8) is 0 Å². The highest BCUT2D eigenvalue weighted by Gasteiger charge is 2.26. The van der Waals surface area contributed by atoms with Crippen molar-refractivity contribution in [1.29, 1.82) is 0 Å². The van der Waals surface area contributed by atoms with Crippen molar-refractivity contribution < 1.29 is 9.90 Å². The number of likely N-dealkylation sites (tertiary alicyclic amines) is 1. The molecular formula is C25H34N2O3. The molecule has 1 aliphatic heterocycles. The molecule has 1 atom stereocenters. The van der Waals surface area contributed by atoms with Gasteiger partial charge < -0.3 is 9.67 Å². The molecule has 2 heterocycles. The Morgan fingerprint density at radius 3 is 2.50 bits per heavy atom. The van der Waals surface area contributed by atoms with Gasteiger partial charge in [0.05, 0.1) is 5.56 Å². The maximum atomic E-state index is 13.0. The third-order valence-electron chi connectivity index (χ3n) is 6.22. The van der Waals surface area contributed by atoms with E-state index in [0.717, 1.165) is 29.9 Å². The third-order valence-corrected chi connectivity index (χ3v) is 6.22. The van der Waals surface area contributed by atoms with Crippen molar-refractivity contribution in [3.8, 4) is 0 Å². The Balaban J connectivity index is 1.83. The summed E-state index contributed by atoms with van der Waals surface area (Å²) in [6.07, 6.45) is 4.36. The summed E-state index contributed by atoms with van der Waals surface area (Å²) in [7, 11) is 0. The molecule has 30 heavy (non-hydrogen) atoms. The Bertz CT molecular complexity index is 944. The SMILES string of the molecule is Cc1cc(C)c(=O)n(CCc2ccc(C(=O)O)cc2)c1CN1CCC[C@@H]1CC(C)C. The molecule has 1 fully saturated rings. The van der Waals surface area contributed by atoms with Crippen LogP contribution in [0, 0.1) is 19.8 Å². The molecule has 0 spiro atoms. The van der Waals surface area contributed by atoms with Crippen molar-refractivity contribution in [3.05, 3.63) is 68.6 Å². The number of nitrogens with zero attached hydrogens (tertiary/aromatic N) is 2. The Labute approximate surface area is 179 Å². The van der Waals surface area contributed by atoms with Crippen LogP contribution in [0.15, 0.2) is 35.1 Å². The molecule has 0 radical (unpaired) electrons. The van der Waals surface area contributed by atoms with E-state index in [1.165, 1.54) is 24.8 Å². The molecule has 5 nitrogen and oxygen atoms in total. The normalized spacial score (nSPS) is 17.0. The van der Waals surface area contributed by atoms with Crippen molar-refractivity contribution in [1.82, 2.24) is 9.47 Å². The molecule has 3 rings (SSSR count). The topological polar surface area (TPSA) is 62.5 Å². The summed E-state index contributed by atoms with van der Waals surface area (Å²) < 4.78 is 1.94. The zero-order chi connectivity index (χ0) is 21.8. The van der Waals surface area contributed by atoms with E-state index in [0.29, 0.717) is 24.9 Å². The lowest BCUT2D eigenvalue weighted by atomic mass is 10.0. The summed E-state index contributed by atoms with van der Waals surface area (Å²) in [5.74, 6) is -0.249. The molecule has 0 saturated carbocycles. The van der Waals surface area contributed by atoms with E-state index in [1.807, 2.05) is 29.7 Å². The van der Waals surface area contributed by atoms with Gasteiger partial charge >= 0.3 is 5.97 Å². The maximum absolute atomic E-state index is 13.0. The first kappa shape index (κ1) is 22.3. The molecule has 2 aromatic rings. The van der Waals surface area contributed by atoms with Gasteiger partial charge in [0, 0.05) is 30.4 Å². The average molecular weight is 411 g/mol. The van der Waals surface area contributed by atoms with E-state index in [-0.39, 0.29) is 11.1 Å². The van der Waals surface area contributed by atoms with Crippen LogP contribution in [0.1, 0.15) is 65.9 Å². The van der Waals surface area contributed by atoms with Crippen LogP contribution in [0.2, 0.25) is 0 Å². The minimum atomic E-state index is -0.920. The monoisotopic (exact) mass is 410 g/mol. The molecule has 1 saturated heterocycles. The molecule has 162 valence electrons. The Hall–Kier alpha value is -2.40. The van der Waals surface area contributed by atoms with Gasteiger partial charge in [-0.15, -0.1) is 0 Å². The number of carbonyl (C=O) groups is 1. The van der Waals surface area contributed by atoms with Gasteiger partial charge in [-0.2, -0.15) is 0 Å². The summed E-state index contributed by atoms with van der Waals surface area (Å²) in [6.45, 7) is 11.1. The number of aromatic carboxylic acids is 1. The number of aromatic nitrogens is 1. The summed E-state index contributed by atoms with van der Waals surface area (Å²) in [4.78, 5) is 26.6. The third kappa shape index (κ3) is 5.20. The number of pyridine rings is 1. The average Bonchev–Trinajstić information content (AvgIpc) is 3.12. The number of benzene rings is 1. The van der Waals surface area contributed by atoms with Gasteiger partial charge in [-0.3, -0.25) is 9.69 Å². The van der Waals surface area contributed by atoms with Crippen molar-refractivity contribution in [2.24, 2.45) is 5.92 Å². The number of hydrogen-bond donors (Lipinski definition) is 1. The molecule has 1 aromatic heterocycles.